The van der Waals surface area contributed by atoms with Crippen LogP contribution in [0.3, 0.4) is 0 Å². The number of rotatable bonds is 5. The van der Waals surface area contributed by atoms with Gasteiger partial charge in [0.25, 0.3) is 0 Å². The lowest BCUT2D eigenvalue weighted by atomic mass is 9.73. The number of nitriles is 1. The molecule has 134 valence electrons. The predicted molar refractivity (Wildman–Crippen MR) is 92.3 cm³/mol. The SMILES string of the molecule is N#CC1(C(=O)NCC2(CN3CCOCC3)CCCCC2)CCCC1. The number of carbonyl (C=O) groups excluding carboxylic acids is 1. The topological polar surface area (TPSA) is 65.4 Å². The monoisotopic (exact) mass is 333 g/mol. The van der Waals surface area contributed by atoms with Crippen molar-refractivity contribution < 1.29 is 9.53 Å². The van der Waals surface area contributed by atoms with Gasteiger partial charge in [0.15, 0.2) is 0 Å². The summed E-state index contributed by atoms with van der Waals surface area (Å²) < 4.78 is 5.47. The van der Waals surface area contributed by atoms with E-state index < -0.39 is 5.41 Å². The molecule has 1 saturated heterocycles. The second kappa shape index (κ2) is 7.84. The first-order valence-electron chi connectivity index (χ1n) is 9.68. The first-order valence-corrected chi connectivity index (χ1v) is 9.68. The van der Waals surface area contributed by atoms with E-state index in [0.717, 1.165) is 65.1 Å². The molecule has 0 aromatic carbocycles. The van der Waals surface area contributed by atoms with Crippen LogP contribution >= 0.6 is 0 Å². The van der Waals surface area contributed by atoms with Gasteiger partial charge in [-0.1, -0.05) is 32.1 Å². The number of amides is 1. The molecule has 3 rings (SSSR count). The van der Waals surface area contributed by atoms with Gasteiger partial charge in [-0.05, 0) is 25.7 Å². The van der Waals surface area contributed by atoms with Gasteiger partial charge in [-0.15, -0.1) is 0 Å². The van der Waals surface area contributed by atoms with E-state index in [1.807, 2.05) is 0 Å². The van der Waals surface area contributed by atoms with Crippen molar-refractivity contribution in [1.82, 2.24) is 10.2 Å². The van der Waals surface area contributed by atoms with Crippen LogP contribution in [-0.4, -0.2) is 50.2 Å². The summed E-state index contributed by atoms with van der Waals surface area (Å²) in [5, 5.41) is 12.7. The highest BCUT2D eigenvalue weighted by Gasteiger charge is 2.43. The molecule has 0 bridgehead atoms. The van der Waals surface area contributed by atoms with Crippen molar-refractivity contribution in [3.63, 3.8) is 0 Å². The average Bonchev–Trinajstić information content (AvgIpc) is 3.12. The fraction of sp³-hybridized carbons (Fsp3) is 0.895. The lowest BCUT2D eigenvalue weighted by Gasteiger charge is -2.42. The zero-order chi connectivity index (χ0) is 16.9. The zero-order valence-corrected chi connectivity index (χ0v) is 14.8. The fourth-order valence-electron chi connectivity index (χ4n) is 4.73. The van der Waals surface area contributed by atoms with Gasteiger partial charge in [-0.2, -0.15) is 5.26 Å². The summed E-state index contributed by atoms with van der Waals surface area (Å²) in [4.78, 5) is 15.2. The lowest BCUT2D eigenvalue weighted by molar-refractivity contribution is -0.128. The molecule has 2 saturated carbocycles. The quantitative estimate of drug-likeness (QED) is 0.839. The minimum atomic E-state index is -0.755. The predicted octanol–water partition coefficient (Wildman–Crippen LogP) is 2.47. The zero-order valence-electron chi connectivity index (χ0n) is 14.8. The summed E-state index contributed by atoms with van der Waals surface area (Å²) in [6.07, 6.45) is 9.64. The van der Waals surface area contributed by atoms with Crippen LogP contribution < -0.4 is 5.32 Å². The Morgan fingerprint density at radius 2 is 1.67 bits per heavy atom. The van der Waals surface area contributed by atoms with Gasteiger partial charge in [-0.3, -0.25) is 9.69 Å². The van der Waals surface area contributed by atoms with Crippen LogP contribution in [-0.2, 0) is 9.53 Å². The smallest absolute Gasteiger partial charge is 0.240 e. The van der Waals surface area contributed by atoms with E-state index in [2.05, 4.69) is 16.3 Å². The molecule has 0 radical (unpaired) electrons. The Balaban J connectivity index is 1.61. The van der Waals surface area contributed by atoms with Crippen LogP contribution in [0.2, 0.25) is 0 Å². The maximum atomic E-state index is 12.7. The van der Waals surface area contributed by atoms with E-state index >= 15 is 0 Å². The molecule has 0 aromatic rings. The van der Waals surface area contributed by atoms with Gasteiger partial charge in [0.05, 0.1) is 19.3 Å². The van der Waals surface area contributed by atoms with Crippen LogP contribution in [0.1, 0.15) is 57.8 Å². The maximum absolute atomic E-state index is 12.7. The highest BCUT2D eigenvalue weighted by molar-refractivity contribution is 5.85. The Morgan fingerprint density at radius 1 is 1.04 bits per heavy atom. The minimum absolute atomic E-state index is 0.0191. The van der Waals surface area contributed by atoms with E-state index in [0.29, 0.717) is 0 Å². The standard InChI is InChI=1S/C19H31N3O2/c20-14-19(8-4-5-9-19)17(23)21-15-18(6-2-1-3-7-18)16-22-10-12-24-13-11-22/h1-13,15-16H2,(H,21,23). The molecule has 3 aliphatic rings. The first kappa shape index (κ1) is 17.7. The Hall–Kier alpha value is -1.12. The van der Waals surface area contributed by atoms with E-state index in [1.54, 1.807) is 0 Å². The van der Waals surface area contributed by atoms with Gasteiger partial charge < -0.3 is 10.1 Å². The number of ether oxygens (including phenoxy) is 1. The van der Waals surface area contributed by atoms with E-state index in [-0.39, 0.29) is 11.3 Å². The summed E-state index contributed by atoms with van der Waals surface area (Å²) in [5.74, 6) is -0.0191. The number of nitrogens with one attached hydrogen (secondary N) is 1. The third-order valence-electron chi connectivity index (χ3n) is 6.31. The van der Waals surface area contributed by atoms with E-state index in [1.165, 1.54) is 32.1 Å². The summed E-state index contributed by atoms with van der Waals surface area (Å²) >= 11 is 0. The van der Waals surface area contributed by atoms with Gasteiger partial charge in [0.2, 0.25) is 5.91 Å². The summed E-state index contributed by atoms with van der Waals surface area (Å²) in [6.45, 7) is 5.42. The number of hydrogen-bond acceptors (Lipinski definition) is 4. The molecule has 0 atom stereocenters. The molecule has 1 N–H and O–H groups in total. The summed E-state index contributed by atoms with van der Waals surface area (Å²) in [6, 6.07) is 2.32. The largest absolute Gasteiger partial charge is 0.379 e. The molecule has 5 heteroatoms. The minimum Gasteiger partial charge on any atom is -0.379 e. The molecule has 0 aromatic heterocycles. The van der Waals surface area contributed by atoms with Crippen LogP contribution in [0.25, 0.3) is 0 Å². The van der Waals surface area contributed by atoms with E-state index in [4.69, 9.17) is 4.74 Å². The fourth-order valence-corrected chi connectivity index (χ4v) is 4.73. The van der Waals surface area contributed by atoms with Crippen LogP contribution in [0, 0.1) is 22.2 Å². The highest BCUT2D eigenvalue weighted by atomic mass is 16.5. The van der Waals surface area contributed by atoms with Crippen molar-refractivity contribution in [2.45, 2.75) is 57.8 Å². The lowest BCUT2D eigenvalue weighted by Crippen LogP contribution is -2.51. The molecule has 1 heterocycles. The van der Waals surface area contributed by atoms with E-state index in [9.17, 15) is 10.1 Å². The molecule has 0 spiro atoms. The molecule has 1 aliphatic heterocycles. The second-order valence-electron chi connectivity index (χ2n) is 8.03. The second-order valence-corrected chi connectivity index (χ2v) is 8.03. The summed E-state index contributed by atoms with van der Waals surface area (Å²) in [7, 11) is 0. The van der Waals surface area contributed by atoms with Crippen LogP contribution in [0.4, 0.5) is 0 Å². The first-order chi connectivity index (χ1) is 11.7. The van der Waals surface area contributed by atoms with Gasteiger partial charge >= 0.3 is 0 Å². The van der Waals surface area contributed by atoms with Crippen LogP contribution in [0.5, 0.6) is 0 Å². The molecule has 0 unspecified atom stereocenters. The maximum Gasteiger partial charge on any atom is 0.240 e. The number of nitrogens with zero attached hydrogens (tertiary/aromatic N) is 2. The summed E-state index contributed by atoms with van der Waals surface area (Å²) in [5.41, 5.74) is -0.574. The van der Waals surface area contributed by atoms with Crippen molar-refractivity contribution in [3.05, 3.63) is 0 Å². The van der Waals surface area contributed by atoms with Crippen molar-refractivity contribution in [3.8, 4) is 6.07 Å². The molecule has 5 nitrogen and oxygen atoms in total. The Labute approximate surface area is 145 Å². The van der Waals surface area contributed by atoms with Crippen molar-refractivity contribution in [2.24, 2.45) is 10.8 Å². The van der Waals surface area contributed by atoms with Crippen molar-refractivity contribution >= 4 is 5.91 Å². The Morgan fingerprint density at radius 3 is 2.29 bits per heavy atom. The van der Waals surface area contributed by atoms with Gasteiger partial charge in [0, 0.05) is 31.6 Å². The third kappa shape index (κ3) is 3.92. The Bertz CT molecular complexity index is 467. The third-order valence-corrected chi connectivity index (χ3v) is 6.31. The van der Waals surface area contributed by atoms with Crippen molar-refractivity contribution in [1.29, 1.82) is 5.26 Å². The van der Waals surface area contributed by atoms with Crippen molar-refractivity contribution in [2.75, 3.05) is 39.4 Å². The average molecular weight is 333 g/mol. The molecule has 2 aliphatic carbocycles. The normalized spacial score (nSPS) is 26.6. The number of morpholine rings is 1. The van der Waals surface area contributed by atoms with Gasteiger partial charge in [-0.25, -0.2) is 0 Å². The Kier molecular flexibility index (Phi) is 5.78. The van der Waals surface area contributed by atoms with Gasteiger partial charge in [0.1, 0.15) is 5.41 Å². The number of carbonyl (C=O) groups is 1. The number of hydrogen-bond donors (Lipinski definition) is 1. The van der Waals surface area contributed by atoms with Crippen LogP contribution in [0.15, 0.2) is 0 Å². The molecule has 3 fully saturated rings. The molecule has 1 amide bonds. The molecular weight excluding hydrogens is 302 g/mol. The molecular formula is C19H31N3O2. The highest BCUT2D eigenvalue weighted by Crippen LogP contribution is 2.39. The molecule has 24 heavy (non-hydrogen) atoms.